The van der Waals surface area contributed by atoms with Crippen LogP contribution in [0.2, 0.25) is 0 Å². The van der Waals surface area contributed by atoms with Gasteiger partial charge in [-0.05, 0) is 44.1 Å². The van der Waals surface area contributed by atoms with Crippen LogP contribution in [0.3, 0.4) is 0 Å². The quantitative estimate of drug-likeness (QED) is 0.847. The first-order chi connectivity index (χ1) is 11.7. The first-order valence-electron chi connectivity index (χ1n) is 8.38. The predicted octanol–water partition coefficient (Wildman–Crippen LogP) is 2.39. The molecule has 2 aromatic rings. The number of hydrogen-bond donors (Lipinski definition) is 0. The number of amides is 1. The molecule has 0 aliphatic carbocycles. The number of hydrogen-bond acceptors (Lipinski definition) is 7. The van der Waals surface area contributed by atoms with Gasteiger partial charge in [0.05, 0.1) is 11.4 Å². The van der Waals surface area contributed by atoms with Crippen molar-refractivity contribution in [3.63, 3.8) is 0 Å². The van der Waals surface area contributed by atoms with E-state index in [1.807, 2.05) is 17.9 Å². The average molecular weight is 348 g/mol. The fraction of sp³-hybridized carbons (Fsp3) is 0.625. The van der Waals surface area contributed by atoms with Gasteiger partial charge in [0.1, 0.15) is 11.0 Å². The summed E-state index contributed by atoms with van der Waals surface area (Å²) < 4.78 is 15.0. The maximum atomic E-state index is 12.6. The highest BCUT2D eigenvalue weighted by Crippen LogP contribution is 2.36. The molecule has 24 heavy (non-hydrogen) atoms. The molecule has 2 aromatic heterocycles. The molecule has 2 fully saturated rings. The normalized spacial score (nSPS) is 24.5. The predicted molar refractivity (Wildman–Crippen MR) is 87.7 cm³/mol. The Morgan fingerprint density at radius 2 is 2.29 bits per heavy atom. The zero-order valence-corrected chi connectivity index (χ0v) is 14.4. The fourth-order valence-electron chi connectivity index (χ4n) is 3.48. The molecule has 0 spiro atoms. The lowest BCUT2D eigenvalue weighted by Gasteiger charge is -2.33. The smallest absolute Gasteiger partial charge is 0.251 e. The highest BCUT2D eigenvalue weighted by Gasteiger charge is 2.34. The maximum Gasteiger partial charge on any atom is 0.251 e. The van der Waals surface area contributed by atoms with E-state index in [9.17, 15) is 4.79 Å². The molecule has 0 saturated carbocycles. The number of piperidine rings is 1. The highest BCUT2D eigenvalue weighted by molar-refractivity contribution is 7.09. The second-order valence-corrected chi connectivity index (χ2v) is 7.20. The fourth-order valence-corrected chi connectivity index (χ4v) is 4.18. The summed E-state index contributed by atoms with van der Waals surface area (Å²) in [6, 6.07) is 1.90. The Kier molecular flexibility index (Phi) is 4.32. The average Bonchev–Trinajstić information content (AvgIpc) is 3.35. The number of carbonyl (C=O) groups is 1. The van der Waals surface area contributed by atoms with Gasteiger partial charge in [-0.2, -0.15) is 0 Å². The van der Waals surface area contributed by atoms with Crippen LogP contribution in [0, 0.1) is 6.92 Å². The molecule has 0 N–H and O–H groups in total. The van der Waals surface area contributed by atoms with E-state index in [2.05, 4.69) is 14.7 Å². The molecule has 8 heteroatoms. The van der Waals surface area contributed by atoms with Crippen LogP contribution in [0.1, 0.15) is 43.0 Å². The van der Waals surface area contributed by atoms with E-state index in [1.165, 1.54) is 11.5 Å². The molecule has 0 aromatic carbocycles. The minimum absolute atomic E-state index is 0.123. The van der Waals surface area contributed by atoms with Gasteiger partial charge in [0.2, 0.25) is 0 Å². The summed E-state index contributed by atoms with van der Waals surface area (Å²) in [4.78, 5) is 15.5. The third-order valence-corrected chi connectivity index (χ3v) is 5.45. The first kappa shape index (κ1) is 15.7. The Morgan fingerprint density at radius 3 is 3.04 bits per heavy atom. The molecule has 2 aliphatic rings. The van der Waals surface area contributed by atoms with Crippen molar-refractivity contribution in [2.24, 2.45) is 0 Å². The zero-order chi connectivity index (χ0) is 16.5. The summed E-state index contributed by atoms with van der Waals surface area (Å²) in [5, 5.41) is 8.28. The summed E-state index contributed by atoms with van der Waals surface area (Å²) in [7, 11) is 0. The first-order valence-corrected chi connectivity index (χ1v) is 9.16. The van der Waals surface area contributed by atoms with Crippen molar-refractivity contribution in [2.45, 2.75) is 44.6 Å². The minimum atomic E-state index is -0.256. The minimum Gasteiger partial charge on any atom is -0.368 e. The Morgan fingerprint density at radius 1 is 1.38 bits per heavy atom. The molecule has 128 valence electrons. The van der Waals surface area contributed by atoms with E-state index in [0.717, 1.165) is 48.5 Å². The standard InChI is InChI=1S/C16H20N4O3S/c1-10-8-13(23-18-10)15-14(17-19-24-15)11-4-2-6-20(9-11)16(21)12-5-3-7-22-12/h8,11-12H,2-7,9H2,1H3/t11-,12-/m1/s1. The highest BCUT2D eigenvalue weighted by atomic mass is 32.1. The van der Waals surface area contributed by atoms with Crippen LogP contribution < -0.4 is 0 Å². The second-order valence-electron chi connectivity index (χ2n) is 6.44. The van der Waals surface area contributed by atoms with Crippen molar-refractivity contribution >= 4 is 17.4 Å². The van der Waals surface area contributed by atoms with E-state index in [4.69, 9.17) is 9.26 Å². The SMILES string of the molecule is Cc1cc(-c2snnc2[C@@H]2CCCN(C(=O)[C@H]3CCCO3)C2)on1. The van der Waals surface area contributed by atoms with Gasteiger partial charge in [-0.3, -0.25) is 4.79 Å². The number of likely N-dealkylation sites (tertiary alicyclic amines) is 1. The van der Waals surface area contributed by atoms with Gasteiger partial charge in [-0.1, -0.05) is 9.64 Å². The molecular formula is C16H20N4O3S. The van der Waals surface area contributed by atoms with E-state index >= 15 is 0 Å². The van der Waals surface area contributed by atoms with Crippen molar-refractivity contribution in [1.82, 2.24) is 19.6 Å². The van der Waals surface area contributed by atoms with Gasteiger partial charge in [0.15, 0.2) is 5.76 Å². The van der Waals surface area contributed by atoms with Gasteiger partial charge < -0.3 is 14.2 Å². The summed E-state index contributed by atoms with van der Waals surface area (Å²) >= 11 is 1.32. The lowest BCUT2D eigenvalue weighted by Crippen LogP contribution is -2.44. The van der Waals surface area contributed by atoms with Crippen LogP contribution in [-0.2, 0) is 9.53 Å². The van der Waals surface area contributed by atoms with Crippen LogP contribution in [-0.4, -0.2) is 51.4 Å². The summed E-state index contributed by atoms with van der Waals surface area (Å²) in [6.45, 7) is 4.05. The van der Waals surface area contributed by atoms with E-state index in [0.29, 0.717) is 18.9 Å². The molecule has 4 heterocycles. The molecule has 2 aliphatic heterocycles. The molecule has 7 nitrogen and oxygen atoms in total. The number of aryl methyl sites for hydroxylation is 1. The lowest BCUT2D eigenvalue weighted by atomic mass is 9.93. The molecule has 1 amide bonds. The van der Waals surface area contributed by atoms with Gasteiger partial charge in [-0.15, -0.1) is 5.10 Å². The Balaban J connectivity index is 1.52. The third kappa shape index (κ3) is 2.95. The van der Waals surface area contributed by atoms with Crippen molar-refractivity contribution in [1.29, 1.82) is 0 Å². The van der Waals surface area contributed by atoms with Crippen LogP contribution in [0.15, 0.2) is 10.6 Å². The third-order valence-electron chi connectivity index (χ3n) is 4.69. The summed E-state index contributed by atoms with van der Waals surface area (Å²) in [5.41, 5.74) is 1.75. The molecule has 0 unspecified atom stereocenters. The topological polar surface area (TPSA) is 81.4 Å². The van der Waals surface area contributed by atoms with Crippen molar-refractivity contribution in [2.75, 3.05) is 19.7 Å². The Labute approximate surface area is 144 Å². The Bertz CT molecular complexity index is 722. The molecule has 4 rings (SSSR count). The zero-order valence-electron chi connectivity index (χ0n) is 13.6. The molecule has 0 bridgehead atoms. The van der Waals surface area contributed by atoms with Gasteiger partial charge in [0.25, 0.3) is 5.91 Å². The maximum absolute atomic E-state index is 12.6. The number of nitrogens with zero attached hydrogens (tertiary/aromatic N) is 4. The van der Waals surface area contributed by atoms with E-state index in [-0.39, 0.29) is 17.9 Å². The second kappa shape index (κ2) is 6.60. The number of carbonyl (C=O) groups excluding carboxylic acids is 1. The van der Waals surface area contributed by atoms with Crippen LogP contribution >= 0.6 is 11.5 Å². The molecule has 0 radical (unpaired) electrons. The van der Waals surface area contributed by atoms with Crippen molar-refractivity contribution < 1.29 is 14.1 Å². The number of aromatic nitrogens is 3. The molecular weight excluding hydrogens is 328 g/mol. The van der Waals surface area contributed by atoms with Crippen LogP contribution in [0.4, 0.5) is 0 Å². The number of rotatable bonds is 3. The lowest BCUT2D eigenvalue weighted by molar-refractivity contribution is -0.142. The summed E-state index contributed by atoms with van der Waals surface area (Å²) in [6.07, 6.45) is 3.52. The largest absolute Gasteiger partial charge is 0.368 e. The van der Waals surface area contributed by atoms with Crippen LogP contribution in [0.25, 0.3) is 10.6 Å². The van der Waals surface area contributed by atoms with E-state index in [1.54, 1.807) is 0 Å². The van der Waals surface area contributed by atoms with Gasteiger partial charge in [0, 0.05) is 31.7 Å². The Hall–Kier alpha value is -1.80. The van der Waals surface area contributed by atoms with Crippen molar-refractivity contribution in [3.8, 4) is 10.6 Å². The monoisotopic (exact) mass is 348 g/mol. The van der Waals surface area contributed by atoms with Gasteiger partial charge >= 0.3 is 0 Å². The van der Waals surface area contributed by atoms with E-state index < -0.39 is 0 Å². The van der Waals surface area contributed by atoms with Crippen molar-refractivity contribution in [3.05, 3.63) is 17.5 Å². The molecule has 2 atom stereocenters. The molecule has 2 saturated heterocycles. The van der Waals surface area contributed by atoms with Crippen LogP contribution in [0.5, 0.6) is 0 Å². The van der Waals surface area contributed by atoms with Gasteiger partial charge in [-0.25, -0.2) is 0 Å². The number of ether oxygens (including phenoxy) is 1. The summed E-state index contributed by atoms with van der Waals surface area (Å²) in [5.74, 6) is 1.01.